The number of carbonyl (C=O) groups is 1. The molecule has 2 heterocycles. The Balaban J connectivity index is 1.32. The van der Waals surface area contributed by atoms with Crippen LogP contribution in [0.15, 0.2) is 30.3 Å². The largest absolute Gasteiger partial charge is 0.497 e. The van der Waals surface area contributed by atoms with Crippen LogP contribution in [-0.4, -0.2) is 51.8 Å². The second kappa shape index (κ2) is 9.22. The third-order valence-corrected chi connectivity index (χ3v) is 5.77. The Hall–Kier alpha value is -2.67. The zero-order valence-electron chi connectivity index (χ0n) is 17.0. The van der Waals surface area contributed by atoms with Gasteiger partial charge in [0.2, 0.25) is 5.82 Å². The van der Waals surface area contributed by atoms with Crippen molar-refractivity contribution >= 4 is 12.0 Å². The van der Waals surface area contributed by atoms with Crippen molar-refractivity contribution in [2.45, 2.75) is 51.2 Å². The molecule has 1 aliphatic heterocycles. The van der Waals surface area contributed by atoms with Crippen LogP contribution in [0.4, 0.5) is 0 Å². The van der Waals surface area contributed by atoms with Gasteiger partial charge in [-0.05, 0) is 30.5 Å². The summed E-state index contributed by atoms with van der Waals surface area (Å²) in [5, 5.41) is 11.6. The zero-order chi connectivity index (χ0) is 20.1. The average molecular weight is 396 g/mol. The second-order valence-corrected chi connectivity index (χ2v) is 7.81. The molecule has 7 nitrogen and oxygen atoms in total. The van der Waals surface area contributed by atoms with Crippen molar-refractivity contribution in [3.05, 3.63) is 47.6 Å². The van der Waals surface area contributed by atoms with Gasteiger partial charge in [0, 0.05) is 25.7 Å². The Morgan fingerprint density at radius 1 is 1.17 bits per heavy atom. The fourth-order valence-electron chi connectivity index (χ4n) is 4.08. The van der Waals surface area contributed by atoms with Gasteiger partial charge in [0.1, 0.15) is 11.6 Å². The first-order chi connectivity index (χ1) is 14.2. The van der Waals surface area contributed by atoms with Crippen LogP contribution in [0.3, 0.4) is 0 Å². The van der Waals surface area contributed by atoms with Crippen molar-refractivity contribution in [3.63, 3.8) is 0 Å². The van der Waals surface area contributed by atoms with E-state index in [1.165, 1.54) is 19.3 Å². The van der Waals surface area contributed by atoms with Crippen LogP contribution >= 0.6 is 0 Å². The van der Waals surface area contributed by atoms with Gasteiger partial charge in [0.05, 0.1) is 13.7 Å². The number of aromatic nitrogens is 3. The highest BCUT2D eigenvalue weighted by atomic mass is 16.5. The molecule has 7 heteroatoms. The van der Waals surface area contributed by atoms with Crippen molar-refractivity contribution in [2.75, 3.05) is 20.2 Å². The molecule has 1 N–H and O–H groups in total. The molecular weight excluding hydrogens is 366 g/mol. The van der Waals surface area contributed by atoms with Crippen LogP contribution in [0.25, 0.3) is 6.08 Å². The molecule has 1 amide bonds. The van der Waals surface area contributed by atoms with E-state index in [1.54, 1.807) is 7.11 Å². The predicted molar refractivity (Wildman–Crippen MR) is 112 cm³/mol. The first kappa shape index (κ1) is 19.6. The van der Waals surface area contributed by atoms with E-state index in [1.807, 2.05) is 28.8 Å². The molecule has 0 atom stereocenters. The Bertz CT molecular complexity index is 853. The van der Waals surface area contributed by atoms with E-state index >= 15 is 0 Å². The molecule has 29 heavy (non-hydrogen) atoms. The lowest BCUT2D eigenvalue weighted by Gasteiger charge is -2.27. The summed E-state index contributed by atoms with van der Waals surface area (Å²) >= 11 is 0. The first-order valence-corrected chi connectivity index (χ1v) is 10.5. The maximum absolute atomic E-state index is 12.6. The van der Waals surface area contributed by atoms with Gasteiger partial charge in [-0.1, -0.05) is 43.5 Å². The van der Waals surface area contributed by atoms with Gasteiger partial charge in [-0.3, -0.25) is 9.69 Å². The lowest BCUT2D eigenvalue weighted by Crippen LogP contribution is -2.39. The summed E-state index contributed by atoms with van der Waals surface area (Å²) in [7, 11) is 1.67. The summed E-state index contributed by atoms with van der Waals surface area (Å²) in [6.07, 6.45) is 10.1. The standard InChI is InChI=1S/C22H29N5O2/c1-29-19-11-9-17(10-12-19)6-5-13-26-14-15-27-20(16-26)24-25-21(27)22(28)23-18-7-3-2-4-8-18/h5-6,9-12,18H,2-4,7-8,13-16H2,1H3,(H,23,28)/b6-5+. The van der Waals surface area contributed by atoms with Crippen LogP contribution in [0.1, 0.15) is 54.1 Å². The molecule has 0 radical (unpaired) electrons. The van der Waals surface area contributed by atoms with Gasteiger partial charge in [-0.15, -0.1) is 10.2 Å². The third kappa shape index (κ3) is 4.85. The van der Waals surface area contributed by atoms with Crippen molar-refractivity contribution < 1.29 is 9.53 Å². The van der Waals surface area contributed by atoms with E-state index in [2.05, 4.69) is 32.6 Å². The number of ether oxygens (including phenoxy) is 1. The Labute approximate surface area is 171 Å². The number of fused-ring (bicyclic) bond motifs is 1. The quantitative estimate of drug-likeness (QED) is 0.814. The van der Waals surface area contributed by atoms with E-state index in [0.29, 0.717) is 12.4 Å². The summed E-state index contributed by atoms with van der Waals surface area (Å²) < 4.78 is 7.16. The summed E-state index contributed by atoms with van der Waals surface area (Å²) in [5.41, 5.74) is 1.15. The smallest absolute Gasteiger partial charge is 0.289 e. The SMILES string of the molecule is COc1ccc(/C=C/CN2CCn3c(nnc3C(=O)NC3CCCCC3)C2)cc1. The number of carbonyl (C=O) groups excluding carboxylic acids is 1. The third-order valence-electron chi connectivity index (χ3n) is 5.77. The molecular formula is C22H29N5O2. The van der Waals surface area contributed by atoms with Gasteiger partial charge < -0.3 is 14.6 Å². The van der Waals surface area contributed by atoms with Crippen LogP contribution < -0.4 is 10.1 Å². The minimum atomic E-state index is -0.0801. The van der Waals surface area contributed by atoms with Crippen molar-refractivity contribution in [2.24, 2.45) is 0 Å². The minimum Gasteiger partial charge on any atom is -0.497 e. The minimum absolute atomic E-state index is 0.0801. The lowest BCUT2D eigenvalue weighted by molar-refractivity contribution is 0.0908. The molecule has 1 fully saturated rings. The number of hydrogen-bond donors (Lipinski definition) is 1. The topological polar surface area (TPSA) is 72.3 Å². The molecule has 154 valence electrons. The monoisotopic (exact) mass is 395 g/mol. The Kier molecular flexibility index (Phi) is 6.24. The Morgan fingerprint density at radius 3 is 2.72 bits per heavy atom. The molecule has 1 aromatic heterocycles. The van der Waals surface area contributed by atoms with Crippen LogP contribution in [-0.2, 0) is 13.1 Å². The summed E-state index contributed by atoms with van der Waals surface area (Å²) in [4.78, 5) is 14.9. The van der Waals surface area contributed by atoms with E-state index in [-0.39, 0.29) is 11.9 Å². The highest BCUT2D eigenvalue weighted by Crippen LogP contribution is 2.19. The molecule has 1 aliphatic carbocycles. The number of nitrogens with zero attached hydrogens (tertiary/aromatic N) is 4. The van der Waals surface area contributed by atoms with Crippen LogP contribution in [0.2, 0.25) is 0 Å². The number of hydrogen-bond acceptors (Lipinski definition) is 5. The summed E-state index contributed by atoms with van der Waals surface area (Å²) in [5.74, 6) is 2.10. The molecule has 2 aromatic rings. The molecule has 1 saturated carbocycles. The molecule has 0 unspecified atom stereocenters. The number of amides is 1. The normalized spacial score (nSPS) is 18.0. The van der Waals surface area contributed by atoms with E-state index in [0.717, 1.165) is 49.6 Å². The van der Waals surface area contributed by atoms with Gasteiger partial charge >= 0.3 is 0 Å². The molecule has 2 aliphatic rings. The molecule has 0 saturated heterocycles. The van der Waals surface area contributed by atoms with Gasteiger partial charge in [-0.2, -0.15) is 0 Å². The van der Waals surface area contributed by atoms with Gasteiger partial charge in [-0.25, -0.2) is 0 Å². The van der Waals surface area contributed by atoms with E-state index < -0.39 is 0 Å². The van der Waals surface area contributed by atoms with Crippen molar-refractivity contribution in [1.82, 2.24) is 25.0 Å². The average Bonchev–Trinajstić information content (AvgIpc) is 3.18. The highest BCUT2D eigenvalue weighted by molar-refractivity contribution is 5.90. The Morgan fingerprint density at radius 2 is 1.97 bits per heavy atom. The maximum atomic E-state index is 12.6. The molecule has 1 aromatic carbocycles. The van der Waals surface area contributed by atoms with Crippen LogP contribution in [0.5, 0.6) is 5.75 Å². The molecule has 0 spiro atoms. The highest BCUT2D eigenvalue weighted by Gasteiger charge is 2.25. The van der Waals surface area contributed by atoms with Gasteiger partial charge in [0.15, 0.2) is 0 Å². The van der Waals surface area contributed by atoms with Crippen molar-refractivity contribution in [1.29, 1.82) is 0 Å². The number of nitrogens with one attached hydrogen (secondary N) is 1. The van der Waals surface area contributed by atoms with Crippen molar-refractivity contribution in [3.8, 4) is 5.75 Å². The lowest BCUT2D eigenvalue weighted by atomic mass is 9.95. The molecule has 0 bridgehead atoms. The summed E-state index contributed by atoms with van der Waals surface area (Å²) in [6.45, 7) is 3.16. The number of methoxy groups -OCH3 is 1. The molecule has 4 rings (SSSR count). The predicted octanol–water partition coefficient (Wildman–Crippen LogP) is 2.88. The fourth-order valence-corrected chi connectivity index (χ4v) is 4.08. The maximum Gasteiger partial charge on any atom is 0.289 e. The fraction of sp³-hybridized carbons (Fsp3) is 0.500. The van der Waals surface area contributed by atoms with E-state index in [9.17, 15) is 4.79 Å². The zero-order valence-corrected chi connectivity index (χ0v) is 17.0. The number of benzene rings is 1. The van der Waals surface area contributed by atoms with Crippen LogP contribution in [0, 0.1) is 0 Å². The van der Waals surface area contributed by atoms with Gasteiger partial charge in [0.25, 0.3) is 5.91 Å². The van der Waals surface area contributed by atoms with E-state index in [4.69, 9.17) is 4.74 Å². The number of rotatable bonds is 6. The first-order valence-electron chi connectivity index (χ1n) is 10.5. The summed E-state index contributed by atoms with van der Waals surface area (Å²) in [6, 6.07) is 8.29. The second-order valence-electron chi connectivity index (χ2n) is 7.81.